The lowest BCUT2D eigenvalue weighted by molar-refractivity contribution is 0.113. The lowest BCUT2D eigenvalue weighted by Crippen LogP contribution is -2.30. The number of methoxy groups -OCH3 is 1. The van der Waals surface area contributed by atoms with Crippen LogP contribution in [0.3, 0.4) is 0 Å². The number of fused-ring (bicyclic) bond motifs is 1. The molecule has 2 aromatic rings. The van der Waals surface area contributed by atoms with E-state index in [-0.39, 0.29) is 5.82 Å². The summed E-state index contributed by atoms with van der Waals surface area (Å²) in [5, 5.41) is 0. The average Bonchev–Trinajstić information content (AvgIpc) is 2.83. The quantitative estimate of drug-likeness (QED) is 0.356. The summed E-state index contributed by atoms with van der Waals surface area (Å²) in [7, 11) is 1.65. The van der Waals surface area contributed by atoms with E-state index < -0.39 is 0 Å². The monoisotopic (exact) mass is 436 g/mol. The number of benzene rings is 2. The number of rotatable bonds is 9. The van der Waals surface area contributed by atoms with E-state index >= 15 is 4.39 Å². The van der Waals surface area contributed by atoms with Gasteiger partial charge in [-0.15, -0.1) is 0 Å². The van der Waals surface area contributed by atoms with Crippen molar-refractivity contribution in [1.82, 2.24) is 0 Å². The van der Waals surface area contributed by atoms with Crippen LogP contribution in [0.2, 0.25) is 0 Å². The highest BCUT2D eigenvalue weighted by Crippen LogP contribution is 2.48. The summed E-state index contributed by atoms with van der Waals surface area (Å²) >= 11 is 0. The molecule has 1 nitrogen and oxygen atoms in total. The van der Waals surface area contributed by atoms with E-state index in [0.717, 1.165) is 29.1 Å². The maximum absolute atomic E-state index is 15.0. The fraction of sp³-hybridized carbons (Fsp3) is 0.600. The summed E-state index contributed by atoms with van der Waals surface area (Å²) in [6.07, 6.45) is 16.6. The van der Waals surface area contributed by atoms with Crippen molar-refractivity contribution >= 4 is 0 Å². The molecule has 4 atom stereocenters. The molecule has 0 heterocycles. The van der Waals surface area contributed by atoms with Crippen molar-refractivity contribution in [1.29, 1.82) is 0 Å². The van der Waals surface area contributed by atoms with Crippen LogP contribution in [0.4, 0.5) is 4.39 Å². The minimum atomic E-state index is -0.0958. The molecule has 2 aliphatic carbocycles. The average molecular weight is 437 g/mol. The van der Waals surface area contributed by atoms with Crippen molar-refractivity contribution in [2.45, 2.75) is 89.9 Å². The van der Waals surface area contributed by atoms with Gasteiger partial charge in [-0.2, -0.15) is 0 Å². The number of ether oxygens (including phenoxy) is 1. The van der Waals surface area contributed by atoms with E-state index in [4.69, 9.17) is 4.74 Å². The Kier molecular flexibility index (Phi) is 8.27. The van der Waals surface area contributed by atoms with Crippen molar-refractivity contribution in [3.05, 3.63) is 53.8 Å². The Morgan fingerprint density at radius 3 is 2.34 bits per heavy atom. The van der Waals surface area contributed by atoms with Gasteiger partial charge in [-0.25, -0.2) is 4.39 Å². The molecular weight excluding hydrogens is 395 g/mol. The summed E-state index contributed by atoms with van der Waals surface area (Å²) in [5.74, 6) is 3.98. The lowest BCUT2D eigenvalue weighted by atomic mass is 9.63. The SMILES string of the molecule is CCCCCCCC1CC[C@@H]2C[C@H](c3ccc(-c4ccc(OC)cc4)c(F)c3)CC[C@@H]2C1. The second-order valence-corrected chi connectivity index (χ2v) is 10.4. The normalized spacial score (nSPS) is 25.3. The van der Waals surface area contributed by atoms with Gasteiger partial charge in [-0.05, 0) is 85.1 Å². The summed E-state index contributed by atoms with van der Waals surface area (Å²) in [6, 6.07) is 13.6. The number of unbranched alkanes of at least 4 members (excludes halogenated alkanes) is 4. The maximum atomic E-state index is 15.0. The third-order valence-corrected chi connectivity index (χ3v) is 8.30. The van der Waals surface area contributed by atoms with Gasteiger partial charge in [0.15, 0.2) is 0 Å². The van der Waals surface area contributed by atoms with Crippen molar-refractivity contribution in [3.8, 4) is 16.9 Å². The maximum Gasteiger partial charge on any atom is 0.131 e. The topological polar surface area (TPSA) is 9.23 Å². The molecule has 0 aliphatic heterocycles. The molecule has 2 heteroatoms. The van der Waals surface area contributed by atoms with Crippen LogP contribution in [-0.4, -0.2) is 7.11 Å². The van der Waals surface area contributed by atoms with Crippen LogP contribution in [0.1, 0.15) is 95.5 Å². The summed E-state index contributed by atoms with van der Waals surface area (Å²) < 4.78 is 20.2. The minimum Gasteiger partial charge on any atom is -0.497 e. The van der Waals surface area contributed by atoms with Gasteiger partial charge < -0.3 is 4.74 Å². The summed E-state index contributed by atoms with van der Waals surface area (Å²) in [6.45, 7) is 2.29. The molecule has 2 saturated carbocycles. The number of halogens is 1. The van der Waals surface area contributed by atoms with Gasteiger partial charge in [0.2, 0.25) is 0 Å². The van der Waals surface area contributed by atoms with E-state index in [2.05, 4.69) is 13.0 Å². The molecule has 0 radical (unpaired) electrons. The van der Waals surface area contributed by atoms with Gasteiger partial charge >= 0.3 is 0 Å². The molecule has 2 fully saturated rings. The van der Waals surface area contributed by atoms with Crippen LogP contribution in [-0.2, 0) is 0 Å². The lowest BCUT2D eigenvalue weighted by Gasteiger charge is -2.42. The van der Waals surface area contributed by atoms with Crippen LogP contribution in [0.25, 0.3) is 11.1 Å². The van der Waals surface area contributed by atoms with Gasteiger partial charge in [0.05, 0.1) is 7.11 Å². The summed E-state index contributed by atoms with van der Waals surface area (Å²) in [4.78, 5) is 0. The van der Waals surface area contributed by atoms with Crippen molar-refractivity contribution in [2.75, 3.05) is 7.11 Å². The van der Waals surface area contributed by atoms with Gasteiger partial charge in [-0.3, -0.25) is 0 Å². The van der Waals surface area contributed by atoms with Crippen molar-refractivity contribution in [3.63, 3.8) is 0 Å². The first-order valence-electron chi connectivity index (χ1n) is 13.1. The summed E-state index contributed by atoms with van der Waals surface area (Å²) in [5.41, 5.74) is 2.80. The second-order valence-electron chi connectivity index (χ2n) is 10.4. The van der Waals surface area contributed by atoms with Crippen molar-refractivity contribution < 1.29 is 9.13 Å². The van der Waals surface area contributed by atoms with Crippen LogP contribution in [0, 0.1) is 23.6 Å². The van der Waals surface area contributed by atoms with Crippen molar-refractivity contribution in [2.24, 2.45) is 17.8 Å². The largest absolute Gasteiger partial charge is 0.497 e. The number of hydrogen-bond acceptors (Lipinski definition) is 1. The molecule has 2 aromatic carbocycles. The van der Waals surface area contributed by atoms with E-state index in [9.17, 15) is 0 Å². The fourth-order valence-corrected chi connectivity index (χ4v) is 6.38. The van der Waals surface area contributed by atoms with Gasteiger partial charge in [0, 0.05) is 5.56 Å². The van der Waals surface area contributed by atoms with Crippen LogP contribution >= 0.6 is 0 Å². The molecule has 0 N–H and O–H groups in total. The highest BCUT2D eigenvalue weighted by molar-refractivity contribution is 5.65. The van der Waals surface area contributed by atoms with E-state index in [1.165, 1.54) is 82.6 Å². The van der Waals surface area contributed by atoms with Crippen LogP contribution in [0.15, 0.2) is 42.5 Å². The Labute approximate surface area is 194 Å². The zero-order valence-corrected chi connectivity index (χ0v) is 20.1. The Balaban J connectivity index is 1.31. The molecule has 0 amide bonds. The predicted molar refractivity (Wildman–Crippen MR) is 133 cm³/mol. The fourth-order valence-electron chi connectivity index (χ4n) is 6.38. The Morgan fingerprint density at radius 2 is 1.59 bits per heavy atom. The molecular formula is C30H41FO. The molecule has 0 aromatic heterocycles. The number of hydrogen-bond donors (Lipinski definition) is 0. The molecule has 174 valence electrons. The molecule has 0 spiro atoms. The minimum absolute atomic E-state index is 0.0958. The third kappa shape index (κ3) is 5.74. The predicted octanol–water partition coefficient (Wildman–Crippen LogP) is 9.16. The highest BCUT2D eigenvalue weighted by atomic mass is 19.1. The second kappa shape index (κ2) is 11.3. The Bertz CT molecular complexity index is 842. The smallest absolute Gasteiger partial charge is 0.131 e. The zero-order valence-electron chi connectivity index (χ0n) is 20.1. The van der Waals surface area contributed by atoms with Gasteiger partial charge in [0.25, 0.3) is 0 Å². The first-order chi connectivity index (χ1) is 15.7. The molecule has 1 unspecified atom stereocenters. The van der Waals surface area contributed by atoms with E-state index in [0.29, 0.717) is 11.5 Å². The first-order valence-corrected chi connectivity index (χ1v) is 13.1. The first kappa shape index (κ1) is 23.3. The standard InChI is InChI=1S/C30H41FO/c1-3-4-5-6-7-8-22-9-10-25-20-26(12-11-24(25)19-22)27-15-18-29(30(31)21-27)23-13-16-28(32-2)17-14-23/h13-18,21-22,24-26H,3-12,19-20H2,1-2H3/t22?,24-,25-,26-/m1/s1. The third-order valence-electron chi connectivity index (χ3n) is 8.30. The highest BCUT2D eigenvalue weighted by Gasteiger charge is 2.35. The van der Waals surface area contributed by atoms with E-state index in [1.807, 2.05) is 36.4 Å². The van der Waals surface area contributed by atoms with Gasteiger partial charge in [0.1, 0.15) is 11.6 Å². The van der Waals surface area contributed by atoms with E-state index in [1.54, 1.807) is 7.11 Å². The van der Waals surface area contributed by atoms with Gasteiger partial charge in [-0.1, -0.05) is 76.1 Å². The molecule has 0 bridgehead atoms. The molecule has 2 aliphatic rings. The van der Waals surface area contributed by atoms with Crippen LogP contribution in [0.5, 0.6) is 5.75 Å². The van der Waals surface area contributed by atoms with Crippen LogP contribution < -0.4 is 4.74 Å². The molecule has 32 heavy (non-hydrogen) atoms. The Morgan fingerprint density at radius 1 is 0.844 bits per heavy atom. The Hall–Kier alpha value is -1.83. The molecule has 4 rings (SSSR count). The molecule has 0 saturated heterocycles. The zero-order chi connectivity index (χ0) is 22.3.